The highest BCUT2D eigenvalue weighted by atomic mass is 16.6. The Labute approximate surface area is 122 Å². The zero-order valence-electron chi connectivity index (χ0n) is 11.9. The molecule has 0 spiro atoms. The first-order valence-electron chi connectivity index (χ1n) is 6.56. The van der Waals surface area contributed by atoms with E-state index < -0.39 is 4.92 Å². The molecule has 0 aromatic heterocycles. The summed E-state index contributed by atoms with van der Waals surface area (Å²) >= 11 is 0. The number of nitro groups is 1. The molecule has 108 valence electrons. The first kappa shape index (κ1) is 14.7. The zero-order chi connectivity index (χ0) is 15.4. The fourth-order valence-electron chi connectivity index (χ4n) is 2.05. The van der Waals surface area contributed by atoms with Gasteiger partial charge in [0.1, 0.15) is 0 Å². The smallest absolute Gasteiger partial charge is 0.273 e. The fourth-order valence-corrected chi connectivity index (χ4v) is 2.05. The summed E-state index contributed by atoms with van der Waals surface area (Å²) in [7, 11) is 0. The van der Waals surface area contributed by atoms with Crippen LogP contribution in [0.5, 0.6) is 0 Å². The van der Waals surface area contributed by atoms with E-state index in [0.717, 1.165) is 11.1 Å². The van der Waals surface area contributed by atoms with Crippen molar-refractivity contribution in [3.8, 4) is 0 Å². The lowest BCUT2D eigenvalue weighted by atomic mass is 10.1. The first-order chi connectivity index (χ1) is 9.97. The Morgan fingerprint density at radius 1 is 1.19 bits per heavy atom. The number of carbonyl (C=O) groups is 1. The molecule has 0 aliphatic rings. The molecule has 21 heavy (non-hydrogen) atoms. The van der Waals surface area contributed by atoms with Gasteiger partial charge in [-0.2, -0.15) is 0 Å². The van der Waals surface area contributed by atoms with Crippen molar-refractivity contribution >= 4 is 11.6 Å². The van der Waals surface area contributed by atoms with Gasteiger partial charge >= 0.3 is 0 Å². The molecule has 2 aromatic rings. The SMILES string of the molecule is Cc1cccc(CNC(=O)c2ccc(C)c([N+](=O)[O-])c2)c1. The fraction of sp³-hybridized carbons (Fsp3) is 0.188. The summed E-state index contributed by atoms with van der Waals surface area (Å²) in [5.74, 6) is -0.320. The normalized spacial score (nSPS) is 10.2. The van der Waals surface area contributed by atoms with Gasteiger partial charge in [-0.15, -0.1) is 0 Å². The Balaban J connectivity index is 2.10. The molecule has 0 unspecified atom stereocenters. The van der Waals surface area contributed by atoms with Gasteiger partial charge in [-0.1, -0.05) is 35.9 Å². The summed E-state index contributed by atoms with van der Waals surface area (Å²) in [6, 6.07) is 12.3. The van der Waals surface area contributed by atoms with Crippen molar-refractivity contribution in [1.82, 2.24) is 5.32 Å². The largest absolute Gasteiger partial charge is 0.348 e. The van der Waals surface area contributed by atoms with Crippen LogP contribution in [0.2, 0.25) is 0 Å². The molecule has 0 heterocycles. The van der Waals surface area contributed by atoms with Crippen molar-refractivity contribution in [3.05, 3.63) is 74.8 Å². The lowest BCUT2D eigenvalue weighted by Gasteiger charge is -2.07. The van der Waals surface area contributed by atoms with E-state index in [9.17, 15) is 14.9 Å². The van der Waals surface area contributed by atoms with Crippen molar-refractivity contribution in [2.45, 2.75) is 20.4 Å². The highest BCUT2D eigenvalue weighted by Crippen LogP contribution is 2.19. The number of hydrogen-bond donors (Lipinski definition) is 1. The van der Waals surface area contributed by atoms with Crippen molar-refractivity contribution in [2.24, 2.45) is 0 Å². The van der Waals surface area contributed by atoms with E-state index in [2.05, 4.69) is 5.32 Å². The van der Waals surface area contributed by atoms with Crippen molar-refractivity contribution in [2.75, 3.05) is 0 Å². The third-order valence-electron chi connectivity index (χ3n) is 3.20. The Hall–Kier alpha value is -2.69. The Bertz CT molecular complexity index is 696. The second-order valence-corrected chi connectivity index (χ2v) is 4.93. The molecule has 0 aliphatic heterocycles. The highest BCUT2D eigenvalue weighted by Gasteiger charge is 2.14. The van der Waals surface area contributed by atoms with E-state index in [0.29, 0.717) is 17.7 Å². The molecule has 2 rings (SSSR count). The van der Waals surface area contributed by atoms with E-state index in [-0.39, 0.29) is 11.6 Å². The second kappa shape index (κ2) is 6.17. The maximum Gasteiger partial charge on any atom is 0.273 e. The molecule has 0 atom stereocenters. The van der Waals surface area contributed by atoms with Gasteiger partial charge in [0.05, 0.1) is 4.92 Å². The number of aryl methyl sites for hydroxylation is 2. The molecular weight excluding hydrogens is 268 g/mol. The average Bonchev–Trinajstić information content (AvgIpc) is 2.45. The van der Waals surface area contributed by atoms with E-state index in [1.807, 2.05) is 31.2 Å². The lowest BCUT2D eigenvalue weighted by Crippen LogP contribution is -2.22. The van der Waals surface area contributed by atoms with Crippen LogP contribution in [-0.2, 0) is 6.54 Å². The topological polar surface area (TPSA) is 72.2 Å². The van der Waals surface area contributed by atoms with Gasteiger partial charge in [0.15, 0.2) is 0 Å². The van der Waals surface area contributed by atoms with Crippen LogP contribution in [-0.4, -0.2) is 10.8 Å². The van der Waals surface area contributed by atoms with Gasteiger partial charge in [-0.05, 0) is 25.5 Å². The molecule has 1 amide bonds. The number of amides is 1. The van der Waals surface area contributed by atoms with Gasteiger partial charge in [-0.3, -0.25) is 14.9 Å². The molecule has 0 saturated carbocycles. The average molecular weight is 284 g/mol. The van der Waals surface area contributed by atoms with Crippen LogP contribution in [0.3, 0.4) is 0 Å². The predicted octanol–water partition coefficient (Wildman–Crippen LogP) is 3.14. The summed E-state index contributed by atoms with van der Waals surface area (Å²) in [4.78, 5) is 22.5. The number of rotatable bonds is 4. The monoisotopic (exact) mass is 284 g/mol. The molecule has 0 fully saturated rings. The van der Waals surface area contributed by atoms with Crippen LogP contribution in [0.25, 0.3) is 0 Å². The summed E-state index contributed by atoms with van der Waals surface area (Å²) in [5.41, 5.74) is 2.89. The molecular formula is C16H16N2O3. The molecule has 2 aromatic carbocycles. The van der Waals surface area contributed by atoms with E-state index in [1.54, 1.807) is 19.1 Å². The van der Waals surface area contributed by atoms with Crippen LogP contribution in [0.4, 0.5) is 5.69 Å². The number of nitrogens with one attached hydrogen (secondary N) is 1. The minimum Gasteiger partial charge on any atom is -0.348 e. The maximum absolute atomic E-state index is 12.1. The van der Waals surface area contributed by atoms with Crippen LogP contribution in [0.15, 0.2) is 42.5 Å². The van der Waals surface area contributed by atoms with Gasteiger partial charge in [0.25, 0.3) is 11.6 Å². The van der Waals surface area contributed by atoms with Crippen LogP contribution < -0.4 is 5.32 Å². The van der Waals surface area contributed by atoms with Crippen molar-refractivity contribution in [3.63, 3.8) is 0 Å². The van der Waals surface area contributed by atoms with Crippen LogP contribution in [0, 0.1) is 24.0 Å². The summed E-state index contributed by atoms with van der Waals surface area (Å²) in [5, 5.41) is 13.7. The number of nitro benzene ring substituents is 1. The number of nitrogens with zero attached hydrogens (tertiary/aromatic N) is 1. The zero-order valence-corrected chi connectivity index (χ0v) is 11.9. The molecule has 1 N–H and O–H groups in total. The van der Waals surface area contributed by atoms with E-state index >= 15 is 0 Å². The quantitative estimate of drug-likeness (QED) is 0.692. The maximum atomic E-state index is 12.1. The molecule has 0 saturated heterocycles. The van der Waals surface area contributed by atoms with Crippen molar-refractivity contribution in [1.29, 1.82) is 0 Å². The Morgan fingerprint density at radius 3 is 2.62 bits per heavy atom. The van der Waals surface area contributed by atoms with Gasteiger partial charge < -0.3 is 5.32 Å². The Morgan fingerprint density at radius 2 is 1.95 bits per heavy atom. The molecule has 5 heteroatoms. The predicted molar refractivity (Wildman–Crippen MR) is 80.2 cm³/mol. The van der Waals surface area contributed by atoms with Gasteiger partial charge in [0, 0.05) is 23.7 Å². The third-order valence-corrected chi connectivity index (χ3v) is 3.20. The Kier molecular flexibility index (Phi) is 4.33. The summed E-state index contributed by atoms with van der Waals surface area (Å²) < 4.78 is 0. The first-order valence-corrected chi connectivity index (χ1v) is 6.56. The van der Waals surface area contributed by atoms with Crippen LogP contribution >= 0.6 is 0 Å². The van der Waals surface area contributed by atoms with E-state index in [4.69, 9.17) is 0 Å². The van der Waals surface area contributed by atoms with Gasteiger partial charge in [-0.25, -0.2) is 0 Å². The highest BCUT2D eigenvalue weighted by molar-refractivity contribution is 5.94. The molecule has 5 nitrogen and oxygen atoms in total. The second-order valence-electron chi connectivity index (χ2n) is 4.93. The molecule has 0 aliphatic carbocycles. The summed E-state index contributed by atoms with van der Waals surface area (Å²) in [6.07, 6.45) is 0. The van der Waals surface area contributed by atoms with Gasteiger partial charge in [0.2, 0.25) is 0 Å². The van der Waals surface area contributed by atoms with E-state index in [1.165, 1.54) is 6.07 Å². The standard InChI is InChI=1S/C16H16N2O3/c1-11-4-3-5-13(8-11)10-17-16(19)14-7-6-12(2)15(9-14)18(20)21/h3-9H,10H2,1-2H3,(H,17,19). The molecule has 0 bridgehead atoms. The minimum absolute atomic E-state index is 0.0433. The summed E-state index contributed by atoms with van der Waals surface area (Å²) in [6.45, 7) is 4.02. The molecule has 0 radical (unpaired) electrons. The third kappa shape index (κ3) is 3.66. The minimum atomic E-state index is -0.479. The van der Waals surface area contributed by atoms with Crippen molar-refractivity contribution < 1.29 is 9.72 Å². The number of carbonyl (C=O) groups excluding carboxylic acids is 1. The van der Waals surface area contributed by atoms with Crippen LogP contribution in [0.1, 0.15) is 27.0 Å². The number of hydrogen-bond acceptors (Lipinski definition) is 3. The number of benzene rings is 2. The lowest BCUT2D eigenvalue weighted by molar-refractivity contribution is -0.385.